The SMILES string of the molecule is COCCNC1CCC(c2nc(-c3ccc(NC(=O)c4cc5c(OC)cccc5n4C)c(OC)c3)c3c(C)nccn23)CC1. The molecule has 10 nitrogen and oxygen atoms in total. The van der Waals surface area contributed by atoms with Crippen molar-refractivity contribution >= 4 is 28.0 Å². The first-order valence-electron chi connectivity index (χ1n) is 15.1. The lowest BCUT2D eigenvalue weighted by Crippen LogP contribution is -2.35. The minimum atomic E-state index is -0.237. The predicted molar refractivity (Wildman–Crippen MR) is 172 cm³/mol. The summed E-state index contributed by atoms with van der Waals surface area (Å²) in [4.78, 5) is 23.3. The van der Waals surface area contributed by atoms with Gasteiger partial charge in [-0.15, -0.1) is 0 Å². The number of benzene rings is 2. The fourth-order valence-corrected chi connectivity index (χ4v) is 6.49. The molecule has 44 heavy (non-hydrogen) atoms. The van der Waals surface area contributed by atoms with Crippen LogP contribution in [0.3, 0.4) is 0 Å². The zero-order valence-electron chi connectivity index (χ0n) is 26.0. The second kappa shape index (κ2) is 12.7. The summed E-state index contributed by atoms with van der Waals surface area (Å²) < 4.78 is 20.6. The number of nitrogens with one attached hydrogen (secondary N) is 2. The molecule has 1 saturated carbocycles. The van der Waals surface area contributed by atoms with Crippen molar-refractivity contribution in [1.29, 1.82) is 0 Å². The number of aryl methyl sites for hydroxylation is 2. The van der Waals surface area contributed by atoms with Crippen LogP contribution in [0.15, 0.2) is 54.9 Å². The molecule has 2 N–H and O–H groups in total. The smallest absolute Gasteiger partial charge is 0.272 e. The Morgan fingerprint density at radius 1 is 1.02 bits per heavy atom. The van der Waals surface area contributed by atoms with Gasteiger partial charge >= 0.3 is 0 Å². The summed E-state index contributed by atoms with van der Waals surface area (Å²) >= 11 is 0. The van der Waals surface area contributed by atoms with Crippen LogP contribution in [0.25, 0.3) is 27.7 Å². The summed E-state index contributed by atoms with van der Waals surface area (Å²) in [6, 6.07) is 13.9. The molecule has 5 aromatic rings. The fourth-order valence-electron chi connectivity index (χ4n) is 6.49. The van der Waals surface area contributed by atoms with Gasteiger partial charge < -0.3 is 29.4 Å². The van der Waals surface area contributed by atoms with Gasteiger partial charge in [-0.1, -0.05) is 12.1 Å². The molecular formula is C34H40N6O4. The van der Waals surface area contributed by atoms with Crippen LogP contribution in [-0.4, -0.2) is 65.4 Å². The van der Waals surface area contributed by atoms with Crippen LogP contribution in [-0.2, 0) is 11.8 Å². The first kappa shape index (κ1) is 29.7. The Kier molecular flexibility index (Phi) is 8.54. The van der Waals surface area contributed by atoms with Crippen molar-refractivity contribution in [3.63, 3.8) is 0 Å². The molecule has 0 radical (unpaired) electrons. The van der Waals surface area contributed by atoms with Crippen molar-refractivity contribution in [2.45, 2.75) is 44.6 Å². The van der Waals surface area contributed by atoms with E-state index in [1.54, 1.807) is 21.3 Å². The molecule has 3 aromatic heterocycles. The molecule has 6 rings (SSSR count). The molecule has 230 valence electrons. The number of hydrogen-bond donors (Lipinski definition) is 2. The molecule has 0 spiro atoms. The first-order chi connectivity index (χ1) is 21.4. The van der Waals surface area contributed by atoms with Crippen molar-refractivity contribution in [1.82, 2.24) is 24.3 Å². The van der Waals surface area contributed by atoms with Crippen LogP contribution in [0.2, 0.25) is 0 Å². The molecule has 0 unspecified atom stereocenters. The number of rotatable bonds is 10. The molecule has 10 heteroatoms. The van der Waals surface area contributed by atoms with Gasteiger partial charge in [-0.2, -0.15) is 0 Å². The van der Waals surface area contributed by atoms with E-state index in [0.717, 1.165) is 83.8 Å². The number of anilines is 1. The molecule has 3 heterocycles. The Labute approximate surface area is 257 Å². The van der Waals surface area contributed by atoms with Crippen LogP contribution >= 0.6 is 0 Å². The van der Waals surface area contributed by atoms with Crippen LogP contribution in [0, 0.1) is 6.92 Å². The van der Waals surface area contributed by atoms with Gasteiger partial charge in [-0.3, -0.25) is 14.2 Å². The lowest BCUT2D eigenvalue weighted by molar-refractivity contribution is 0.101. The summed E-state index contributed by atoms with van der Waals surface area (Å²) in [7, 11) is 6.85. The zero-order valence-corrected chi connectivity index (χ0v) is 26.0. The third kappa shape index (κ3) is 5.51. The van der Waals surface area contributed by atoms with Crippen LogP contribution in [0.5, 0.6) is 11.5 Å². The highest BCUT2D eigenvalue weighted by molar-refractivity contribution is 6.08. The quantitative estimate of drug-likeness (QED) is 0.199. The average Bonchev–Trinajstić information content (AvgIpc) is 3.61. The molecule has 0 aliphatic heterocycles. The number of nitrogens with zero attached hydrogens (tertiary/aromatic N) is 4. The summed E-state index contributed by atoms with van der Waals surface area (Å²) in [6.45, 7) is 3.62. The summed E-state index contributed by atoms with van der Waals surface area (Å²) in [5.74, 6) is 2.47. The lowest BCUT2D eigenvalue weighted by atomic mass is 9.85. The molecule has 1 amide bonds. The van der Waals surface area contributed by atoms with E-state index in [1.807, 2.05) is 73.4 Å². The number of carbonyl (C=O) groups excluding carboxylic acids is 1. The molecule has 0 saturated heterocycles. The molecular weight excluding hydrogens is 556 g/mol. The number of carbonyl (C=O) groups is 1. The number of hydrogen-bond acceptors (Lipinski definition) is 7. The molecule has 1 aliphatic carbocycles. The maximum atomic E-state index is 13.5. The van der Waals surface area contributed by atoms with E-state index in [0.29, 0.717) is 29.1 Å². The van der Waals surface area contributed by atoms with E-state index in [2.05, 4.69) is 20.0 Å². The minimum Gasteiger partial charge on any atom is -0.496 e. The largest absolute Gasteiger partial charge is 0.496 e. The van der Waals surface area contributed by atoms with Crippen molar-refractivity contribution in [2.75, 3.05) is 39.8 Å². The van der Waals surface area contributed by atoms with Gasteiger partial charge in [-0.05, 0) is 62.9 Å². The number of fused-ring (bicyclic) bond motifs is 2. The van der Waals surface area contributed by atoms with Gasteiger partial charge in [0.1, 0.15) is 23.0 Å². The normalized spacial score (nSPS) is 16.8. The Hall–Kier alpha value is -4.41. The number of imidazole rings is 1. The van der Waals surface area contributed by atoms with Gasteiger partial charge in [0.15, 0.2) is 0 Å². The maximum Gasteiger partial charge on any atom is 0.272 e. The third-order valence-electron chi connectivity index (χ3n) is 8.82. The average molecular weight is 597 g/mol. The molecule has 0 atom stereocenters. The number of amides is 1. The minimum absolute atomic E-state index is 0.237. The Morgan fingerprint density at radius 2 is 1.82 bits per heavy atom. The number of methoxy groups -OCH3 is 3. The van der Waals surface area contributed by atoms with Gasteiger partial charge in [0.2, 0.25) is 0 Å². The van der Waals surface area contributed by atoms with E-state index in [-0.39, 0.29) is 5.91 Å². The molecule has 2 aromatic carbocycles. The van der Waals surface area contributed by atoms with Crippen molar-refractivity contribution in [3.05, 3.63) is 72.1 Å². The number of aromatic nitrogens is 4. The fraction of sp³-hybridized carbons (Fsp3) is 0.382. The molecule has 0 bridgehead atoms. The highest BCUT2D eigenvalue weighted by Gasteiger charge is 2.27. The second-order valence-corrected chi connectivity index (χ2v) is 11.4. The van der Waals surface area contributed by atoms with E-state index < -0.39 is 0 Å². The zero-order chi connectivity index (χ0) is 30.8. The summed E-state index contributed by atoms with van der Waals surface area (Å²) in [5, 5.41) is 7.54. The monoisotopic (exact) mass is 596 g/mol. The van der Waals surface area contributed by atoms with Gasteiger partial charge in [-0.25, -0.2) is 4.98 Å². The van der Waals surface area contributed by atoms with Crippen LogP contribution in [0.1, 0.15) is 53.6 Å². The standard InChI is InChI=1S/C34H40N6O4/c1-21-32-31(38-33(40(32)17-15-35-21)22-9-12-24(13-10-22)36-16-18-42-3)23-11-14-26(30(19-23)44-5)37-34(41)28-20-25-27(39(28)2)7-6-8-29(25)43-4/h6-8,11,14-15,17,19-20,22,24,36H,9-10,12-13,16,18H2,1-5H3,(H,37,41). The second-order valence-electron chi connectivity index (χ2n) is 11.4. The van der Waals surface area contributed by atoms with Crippen LogP contribution in [0.4, 0.5) is 5.69 Å². The van der Waals surface area contributed by atoms with Gasteiger partial charge in [0, 0.05) is 56.0 Å². The maximum absolute atomic E-state index is 13.5. The first-order valence-corrected chi connectivity index (χ1v) is 15.1. The Morgan fingerprint density at radius 3 is 2.57 bits per heavy atom. The highest BCUT2D eigenvalue weighted by Crippen LogP contribution is 2.38. The predicted octanol–water partition coefficient (Wildman–Crippen LogP) is 5.73. The Balaban J connectivity index is 1.28. The Bertz CT molecular complexity index is 1800. The highest BCUT2D eigenvalue weighted by atomic mass is 16.5. The molecule has 1 fully saturated rings. The third-order valence-corrected chi connectivity index (χ3v) is 8.82. The van der Waals surface area contributed by atoms with Gasteiger partial charge in [0.05, 0.1) is 48.9 Å². The van der Waals surface area contributed by atoms with E-state index in [4.69, 9.17) is 19.2 Å². The van der Waals surface area contributed by atoms with Crippen LogP contribution < -0.4 is 20.1 Å². The summed E-state index contributed by atoms with van der Waals surface area (Å²) in [5.41, 5.74) is 5.69. The van der Waals surface area contributed by atoms with E-state index in [9.17, 15) is 4.79 Å². The van der Waals surface area contributed by atoms with E-state index in [1.165, 1.54) is 0 Å². The van der Waals surface area contributed by atoms with Gasteiger partial charge in [0.25, 0.3) is 5.91 Å². The van der Waals surface area contributed by atoms with Crippen molar-refractivity contribution < 1.29 is 19.0 Å². The number of ether oxygens (including phenoxy) is 3. The van der Waals surface area contributed by atoms with E-state index >= 15 is 0 Å². The van der Waals surface area contributed by atoms with Crippen molar-refractivity contribution in [2.24, 2.45) is 7.05 Å². The topological polar surface area (TPSA) is 104 Å². The summed E-state index contributed by atoms with van der Waals surface area (Å²) in [6.07, 6.45) is 8.21. The van der Waals surface area contributed by atoms with Crippen molar-refractivity contribution in [3.8, 4) is 22.8 Å². The lowest BCUT2D eigenvalue weighted by Gasteiger charge is -2.28. The molecule has 1 aliphatic rings.